The maximum atomic E-state index is 11.4. The average Bonchev–Trinajstić information content (AvgIpc) is 3.39. The molecule has 0 saturated heterocycles. The van der Waals surface area contributed by atoms with Gasteiger partial charge in [-0.2, -0.15) is 5.10 Å². The number of carbonyl (C=O) groups is 1. The highest BCUT2D eigenvalue weighted by Crippen LogP contribution is 2.43. The zero-order chi connectivity index (χ0) is 22.5. The third-order valence-corrected chi connectivity index (χ3v) is 6.38. The minimum absolute atomic E-state index is 0.220. The number of carboxylic acids is 1. The third-order valence-electron chi connectivity index (χ3n) is 6.38. The number of benzene rings is 2. The molecule has 7 nitrogen and oxygen atoms in total. The molecule has 2 N–H and O–H groups in total. The number of nitrogens with one attached hydrogen (secondary N) is 1. The summed E-state index contributed by atoms with van der Waals surface area (Å²) in [6.45, 7) is 0. The maximum Gasteiger partial charge on any atom is 0.335 e. The molecule has 0 unspecified atom stereocenters. The van der Waals surface area contributed by atoms with Crippen LogP contribution >= 0.6 is 0 Å². The Bertz CT molecular complexity index is 1510. The number of fused-ring (bicyclic) bond motifs is 3. The van der Waals surface area contributed by atoms with Crippen molar-refractivity contribution < 1.29 is 14.6 Å². The lowest BCUT2D eigenvalue weighted by Gasteiger charge is -2.28. The van der Waals surface area contributed by atoms with E-state index in [4.69, 9.17) is 4.74 Å². The Labute approximate surface area is 189 Å². The molecule has 1 fully saturated rings. The van der Waals surface area contributed by atoms with Crippen LogP contribution < -0.4 is 4.74 Å². The number of aromatic carboxylic acids is 1. The summed E-state index contributed by atoms with van der Waals surface area (Å²) in [5.74, 6) is -0.124. The number of aromatic nitrogens is 4. The Kier molecular flexibility index (Phi) is 4.43. The van der Waals surface area contributed by atoms with Crippen LogP contribution in [0.2, 0.25) is 0 Å². The molecule has 0 spiro atoms. The lowest BCUT2D eigenvalue weighted by Crippen LogP contribution is -2.24. The highest BCUT2D eigenvalue weighted by atomic mass is 16.5. The summed E-state index contributed by atoms with van der Waals surface area (Å²) in [7, 11) is 1.89. The Balaban J connectivity index is 1.60. The number of aromatic amines is 1. The van der Waals surface area contributed by atoms with Gasteiger partial charge in [0, 0.05) is 40.7 Å². The lowest BCUT2D eigenvalue weighted by atomic mass is 9.94. The van der Waals surface area contributed by atoms with Crippen molar-refractivity contribution in [3.05, 3.63) is 66.6 Å². The fourth-order valence-electron chi connectivity index (χ4n) is 4.42. The van der Waals surface area contributed by atoms with Crippen LogP contribution in [0.5, 0.6) is 5.75 Å². The normalized spacial score (nSPS) is 14.0. The summed E-state index contributed by atoms with van der Waals surface area (Å²) < 4.78 is 8.16. The van der Waals surface area contributed by atoms with Crippen molar-refractivity contribution in [2.24, 2.45) is 7.05 Å². The van der Waals surface area contributed by atoms with Crippen molar-refractivity contribution in [1.82, 2.24) is 19.7 Å². The highest BCUT2D eigenvalue weighted by Gasteiger charge is 2.23. The lowest BCUT2D eigenvalue weighted by molar-refractivity contribution is 0.0697. The first-order chi connectivity index (χ1) is 16.1. The predicted octanol–water partition coefficient (Wildman–Crippen LogP) is 5.41. The summed E-state index contributed by atoms with van der Waals surface area (Å²) in [6.07, 6.45) is 9.11. The van der Waals surface area contributed by atoms with Crippen molar-refractivity contribution in [1.29, 1.82) is 0 Å². The zero-order valence-electron chi connectivity index (χ0n) is 18.1. The molecule has 164 valence electrons. The van der Waals surface area contributed by atoms with Gasteiger partial charge in [-0.05, 0) is 55.2 Å². The van der Waals surface area contributed by atoms with Gasteiger partial charge < -0.3 is 14.8 Å². The van der Waals surface area contributed by atoms with Gasteiger partial charge in [0.25, 0.3) is 0 Å². The second-order valence-corrected chi connectivity index (χ2v) is 8.56. The van der Waals surface area contributed by atoms with E-state index in [1.807, 2.05) is 43.7 Å². The van der Waals surface area contributed by atoms with E-state index in [1.165, 1.54) is 6.42 Å². The van der Waals surface area contributed by atoms with Gasteiger partial charge in [0.05, 0.1) is 35.3 Å². The Morgan fingerprint density at radius 2 is 1.91 bits per heavy atom. The number of hydrogen-bond donors (Lipinski definition) is 2. The Hall–Kier alpha value is -4.13. The van der Waals surface area contributed by atoms with Crippen LogP contribution in [0.3, 0.4) is 0 Å². The van der Waals surface area contributed by atoms with Gasteiger partial charge in [0.15, 0.2) is 0 Å². The molecule has 1 saturated carbocycles. The van der Waals surface area contributed by atoms with Crippen LogP contribution in [0.4, 0.5) is 0 Å². The summed E-state index contributed by atoms with van der Waals surface area (Å²) in [6, 6.07) is 13.1. The predicted molar refractivity (Wildman–Crippen MR) is 126 cm³/mol. The second kappa shape index (κ2) is 7.48. The molecule has 1 aliphatic carbocycles. The fraction of sp³-hybridized carbons (Fsp3) is 0.192. The molecule has 6 rings (SSSR count). The van der Waals surface area contributed by atoms with Gasteiger partial charge in [0.2, 0.25) is 0 Å². The van der Waals surface area contributed by atoms with E-state index in [0.29, 0.717) is 0 Å². The standard InChI is InChI=1S/C26H22N4O3/c1-30-14-17(12-28-30)21-11-19-22(13-27-21)29-20-9-10-23(33-18-3-2-4-18)24(25(19)20)15-5-7-16(8-6-15)26(31)32/h5-14,18,29H,2-4H2,1H3,(H,31,32). The molecule has 33 heavy (non-hydrogen) atoms. The molecule has 2 aromatic carbocycles. The first-order valence-corrected chi connectivity index (χ1v) is 11.0. The van der Waals surface area contributed by atoms with E-state index in [9.17, 15) is 9.90 Å². The van der Waals surface area contributed by atoms with E-state index < -0.39 is 5.97 Å². The van der Waals surface area contributed by atoms with Crippen molar-refractivity contribution in [3.8, 4) is 28.1 Å². The number of aryl methyl sites for hydroxylation is 1. The fourth-order valence-corrected chi connectivity index (χ4v) is 4.42. The quantitative estimate of drug-likeness (QED) is 0.383. The molecular formula is C26H22N4O3. The van der Waals surface area contributed by atoms with Crippen LogP contribution in [-0.4, -0.2) is 36.9 Å². The van der Waals surface area contributed by atoms with Crippen molar-refractivity contribution in [2.75, 3.05) is 0 Å². The van der Waals surface area contributed by atoms with Crippen molar-refractivity contribution in [2.45, 2.75) is 25.4 Å². The van der Waals surface area contributed by atoms with Gasteiger partial charge in [-0.3, -0.25) is 9.67 Å². The minimum Gasteiger partial charge on any atom is -0.490 e. The largest absolute Gasteiger partial charge is 0.490 e. The summed E-state index contributed by atoms with van der Waals surface area (Å²) in [4.78, 5) is 19.5. The molecule has 1 aliphatic rings. The van der Waals surface area contributed by atoms with Gasteiger partial charge in [-0.25, -0.2) is 4.79 Å². The van der Waals surface area contributed by atoms with E-state index in [-0.39, 0.29) is 11.7 Å². The molecule has 0 bridgehead atoms. The second-order valence-electron chi connectivity index (χ2n) is 8.56. The first kappa shape index (κ1) is 19.5. The molecule has 0 aliphatic heterocycles. The molecule has 3 aromatic heterocycles. The van der Waals surface area contributed by atoms with Crippen LogP contribution in [0.15, 0.2) is 61.1 Å². The highest BCUT2D eigenvalue weighted by molar-refractivity contribution is 6.16. The topological polar surface area (TPSA) is 93.0 Å². The molecule has 5 aromatic rings. The summed E-state index contributed by atoms with van der Waals surface area (Å²) >= 11 is 0. The molecule has 7 heteroatoms. The zero-order valence-corrected chi connectivity index (χ0v) is 18.1. The molecule has 0 amide bonds. The number of pyridine rings is 1. The van der Waals surface area contributed by atoms with Gasteiger partial charge in [-0.15, -0.1) is 0 Å². The Morgan fingerprint density at radius 3 is 2.58 bits per heavy atom. The van der Waals surface area contributed by atoms with Crippen LogP contribution in [0.1, 0.15) is 29.6 Å². The van der Waals surface area contributed by atoms with Gasteiger partial charge in [-0.1, -0.05) is 12.1 Å². The van der Waals surface area contributed by atoms with Crippen molar-refractivity contribution >= 4 is 27.8 Å². The number of rotatable bonds is 5. The summed E-state index contributed by atoms with van der Waals surface area (Å²) in [5.41, 5.74) is 5.84. The average molecular weight is 438 g/mol. The molecule has 0 atom stereocenters. The third kappa shape index (κ3) is 3.33. The van der Waals surface area contributed by atoms with Gasteiger partial charge in [0.1, 0.15) is 5.75 Å². The number of carboxylic acid groups (broad SMARTS) is 1. The van der Waals surface area contributed by atoms with E-state index in [0.717, 1.165) is 62.8 Å². The number of hydrogen-bond acceptors (Lipinski definition) is 4. The Morgan fingerprint density at radius 1 is 1.09 bits per heavy atom. The monoisotopic (exact) mass is 438 g/mol. The maximum absolute atomic E-state index is 11.4. The van der Waals surface area contributed by atoms with Crippen LogP contribution in [-0.2, 0) is 7.05 Å². The number of nitrogens with zero attached hydrogens (tertiary/aromatic N) is 3. The molecular weight excluding hydrogens is 416 g/mol. The number of H-pyrrole nitrogens is 1. The van der Waals surface area contributed by atoms with E-state index >= 15 is 0 Å². The van der Waals surface area contributed by atoms with E-state index in [1.54, 1.807) is 23.0 Å². The first-order valence-electron chi connectivity index (χ1n) is 11.0. The minimum atomic E-state index is -0.940. The molecule has 3 heterocycles. The number of ether oxygens (including phenoxy) is 1. The van der Waals surface area contributed by atoms with E-state index in [2.05, 4.69) is 21.1 Å². The smallest absolute Gasteiger partial charge is 0.335 e. The van der Waals surface area contributed by atoms with Gasteiger partial charge >= 0.3 is 5.97 Å². The van der Waals surface area contributed by atoms with Crippen LogP contribution in [0, 0.1) is 0 Å². The van der Waals surface area contributed by atoms with Crippen molar-refractivity contribution in [3.63, 3.8) is 0 Å². The SMILES string of the molecule is Cn1cc(-c2cc3c(cn2)[nH]c2ccc(OC4CCC4)c(-c4ccc(C(=O)O)cc4)c23)cn1. The summed E-state index contributed by atoms with van der Waals surface area (Å²) in [5, 5.41) is 15.7. The molecule has 0 radical (unpaired) electrons. The van der Waals surface area contributed by atoms with Crippen LogP contribution in [0.25, 0.3) is 44.2 Å².